The van der Waals surface area contributed by atoms with Crippen LogP contribution in [0.1, 0.15) is 0 Å². The van der Waals surface area contributed by atoms with Crippen LogP contribution in [0.4, 0.5) is 0 Å². The molecule has 0 bridgehead atoms. The Morgan fingerprint density at radius 1 is 0.654 bits per heavy atom. The fourth-order valence-electron chi connectivity index (χ4n) is 2.69. The number of para-hydroxylation sites is 2. The monoisotopic (exact) mass is 573 g/mol. The van der Waals surface area contributed by atoms with Gasteiger partial charge in [-0.05, 0) is 24.3 Å². The van der Waals surface area contributed by atoms with Crippen LogP contribution in [-0.2, 0) is 18.8 Å². The third kappa shape index (κ3) is 3.47. The van der Waals surface area contributed by atoms with E-state index < -0.39 is 0 Å². The van der Waals surface area contributed by atoms with Crippen molar-refractivity contribution in [3.05, 3.63) is 72.8 Å². The molecule has 3 aromatic carbocycles. The van der Waals surface area contributed by atoms with E-state index in [2.05, 4.69) is 45.8 Å². The average Bonchev–Trinajstić information content (AvgIpc) is 3.34. The van der Waals surface area contributed by atoms with Crippen LogP contribution in [0.5, 0.6) is 0 Å². The second-order valence-corrected chi connectivity index (χ2v) is 7.51. The third-order valence-corrected chi connectivity index (χ3v) is 5.98. The number of hydrogen-bond acceptors (Lipinski definition) is 4. The molecular formula is C20H11ClN2PtS2. The minimum absolute atomic E-state index is 0.999. The molecule has 2 heterocycles. The maximum Gasteiger partial charge on any atom is 0.0721 e. The molecule has 0 aliphatic carbocycles. The van der Waals surface area contributed by atoms with Gasteiger partial charge in [0.1, 0.15) is 0 Å². The topological polar surface area (TPSA) is 25.8 Å². The van der Waals surface area contributed by atoms with E-state index in [1.54, 1.807) is 41.4 Å². The van der Waals surface area contributed by atoms with Crippen LogP contribution in [-0.4, -0.2) is 9.97 Å². The van der Waals surface area contributed by atoms with Crippen LogP contribution in [0.25, 0.3) is 41.6 Å². The number of nitrogens with zero attached hydrogens (tertiary/aromatic N) is 2. The molecule has 0 N–H and O–H groups in total. The average molecular weight is 574 g/mol. The van der Waals surface area contributed by atoms with E-state index in [-0.39, 0.29) is 0 Å². The smallest absolute Gasteiger partial charge is 0.0721 e. The molecule has 26 heavy (non-hydrogen) atoms. The fraction of sp³-hybridized carbons (Fsp3) is 0. The van der Waals surface area contributed by atoms with Crippen LogP contribution in [0.3, 0.4) is 0 Å². The minimum atomic E-state index is 0.999. The van der Waals surface area contributed by atoms with Gasteiger partial charge in [0.2, 0.25) is 0 Å². The molecule has 0 atom stereocenters. The summed E-state index contributed by atoms with van der Waals surface area (Å²) in [6.45, 7) is 0. The Morgan fingerprint density at radius 2 is 1.12 bits per heavy atom. The maximum absolute atomic E-state index is 4.73. The molecule has 0 fully saturated rings. The number of aromatic nitrogens is 2. The van der Waals surface area contributed by atoms with E-state index in [1.165, 1.54) is 9.40 Å². The van der Waals surface area contributed by atoms with Crippen molar-refractivity contribution in [2.45, 2.75) is 0 Å². The molecule has 5 aromatic rings. The summed E-state index contributed by atoms with van der Waals surface area (Å²) in [5.41, 5.74) is 4.12. The summed E-state index contributed by atoms with van der Waals surface area (Å²) in [4.78, 5) is 9.46. The molecule has 0 aliphatic heterocycles. The molecule has 0 radical (unpaired) electrons. The number of thiazole rings is 2. The molecule has 0 spiro atoms. The third-order valence-electron chi connectivity index (χ3n) is 3.84. The first kappa shape index (κ1) is 17.8. The first-order chi connectivity index (χ1) is 12.9. The van der Waals surface area contributed by atoms with Crippen molar-refractivity contribution >= 4 is 52.5 Å². The van der Waals surface area contributed by atoms with Crippen molar-refractivity contribution in [2.24, 2.45) is 0 Å². The van der Waals surface area contributed by atoms with Crippen molar-refractivity contribution < 1.29 is 18.8 Å². The Bertz CT molecular complexity index is 1030. The van der Waals surface area contributed by atoms with Crippen molar-refractivity contribution in [1.82, 2.24) is 9.97 Å². The predicted molar refractivity (Wildman–Crippen MR) is 108 cm³/mol. The molecule has 2 aromatic heterocycles. The molecule has 2 nitrogen and oxygen atoms in total. The standard InChI is InChI=1S/C20H11N2S2.ClH.Pt/c1-3-10-17-15(8-1)21-19(23-17)13-6-5-7-14(12-13)20-22-16-9-2-4-11-18(16)24-20;;/h1-11H;1H;/q-1;;+2/p-1. The van der Waals surface area contributed by atoms with Gasteiger partial charge in [-0.2, -0.15) is 22.7 Å². The van der Waals surface area contributed by atoms with Crippen LogP contribution < -0.4 is 0 Å². The minimum Gasteiger partial charge on any atom is -0.275 e. The van der Waals surface area contributed by atoms with Gasteiger partial charge in [-0.1, -0.05) is 35.4 Å². The van der Waals surface area contributed by atoms with Gasteiger partial charge in [0.15, 0.2) is 0 Å². The Balaban J connectivity index is 0.000000814. The van der Waals surface area contributed by atoms with Gasteiger partial charge in [-0.25, -0.2) is 0 Å². The first-order valence-corrected chi connectivity index (χ1v) is 12.2. The summed E-state index contributed by atoms with van der Waals surface area (Å²) >= 11 is 5.01. The molecule has 0 aliphatic rings. The van der Waals surface area contributed by atoms with E-state index in [9.17, 15) is 0 Å². The summed E-state index contributed by atoms with van der Waals surface area (Å²) in [6, 6.07) is 26.1. The first-order valence-electron chi connectivity index (χ1n) is 7.73. The van der Waals surface area contributed by atoms with Gasteiger partial charge in [0, 0.05) is 9.40 Å². The van der Waals surface area contributed by atoms with Crippen molar-refractivity contribution in [2.75, 3.05) is 0 Å². The molecule has 6 heteroatoms. The summed E-state index contributed by atoms with van der Waals surface area (Å²) in [6.07, 6.45) is 0. The van der Waals surface area contributed by atoms with Crippen molar-refractivity contribution in [3.8, 4) is 21.1 Å². The molecule has 0 saturated heterocycles. The molecule has 0 amide bonds. The zero-order valence-corrected chi connectivity index (χ0v) is 17.9. The number of benzene rings is 3. The van der Waals surface area contributed by atoms with Gasteiger partial charge in [0.05, 0.1) is 21.0 Å². The van der Waals surface area contributed by atoms with Crippen LogP contribution in [0, 0.1) is 6.07 Å². The van der Waals surface area contributed by atoms with E-state index >= 15 is 0 Å². The molecule has 5 rings (SSSR count). The van der Waals surface area contributed by atoms with Gasteiger partial charge < -0.3 is 0 Å². The fourth-order valence-corrected chi connectivity index (χ4v) is 4.59. The number of rotatable bonds is 2. The van der Waals surface area contributed by atoms with Gasteiger partial charge in [0.25, 0.3) is 0 Å². The molecule has 0 saturated carbocycles. The SMILES string of the molecule is [Cl][Pt+].[c-]1c(-c2nc3ccccc3s2)cccc1-c1nc2ccccc2s1. The summed E-state index contributed by atoms with van der Waals surface area (Å²) in [5, 5.41) is 2.00. The zero-order valence-electron chi connectivity index (χ0n) is 13.3. The Hall–Kier alpha value is -1.58. The second-order valence-electron chi connectivity index (χ2n) is 5.45. The quantitative estimate of drug-likeness (QED) is 0.219. The Kier molecular flexibility index (Phi) is 5.46. The number of fused-ring (bicyclic) bond motifs is 2. The largest absolute Gasteiger partial charge is 0.275 e. The van der Waals surface area contributed by atoms with E-state index in [4.69, 9.17) is 9.97 Å². The van der Waals surface area contributed by atoms with Gasteiger partial charge in [-0.3, -0.25) is 9.97 Å². The predicted octanol–water partition coefficient (Wildman–Crippen LogP) is 6.73. The zero-order chi connectivity index (χ0) is 17.9. The molecule has 0 unspecified atom stereocenters. The van der Waals surface area contributed by atoms with Crippen LogP contribution in [0.2, 0.25) is 0 Å². The molecular weight excluding hydrogens is 563 g/mol. The molecule has 130 valence electrons. The van der Waals surface area contributed by atoms with Crippen LogP contribution in [0.15, 0.2) is 66.7 Å². The van der Waals surface area contributed by atoms with Crippen LogP contribution >= 0.6 is 32.1 Å². The Labute approximate surface area is 174 Å². The van der Waals surface area contributed by atoms with Crippen molar-refractivity contribution in [3.63, 3.8) is 0 Å². The van der Waals surface area contributed by atoms with Crippen molar-refractivity contribution in [1.29, 1.82) is 0 Å². The summed E-state index contributed by atoms with van der Waals surface area (Å²) < 4.78 is 2.40. The maximum atomic E-state index is 4.73. The number of halogens is 1. The second kappa shape index (κ2) is 7.97. The van der Waals surface area contributed by atoms with E-state index in [1.807, 2.05) is 36.4 Å². The van der Waals surface area contributed by atoms with E-state index in [0.29, 0.717) is 0 Å². The summed E-state index contributed by atoms with van der Waals surface area (Å²) in [7, 11) is 4.61. The normalized spacial score (nSPS) is 10.7. The Morgan fingerprint density at radius 3 is 1.58 bits per heavy atom. The number of hydrogen-bond donors (Lipinski definition) is 0. The van der Waals surface area contributed by atoms with Gasteiger partial charge in [-0.15, -0.1) is 24.3 Å². The summed E-state index contributed by atoms with van der Waals surface area (Å²) in [5.74, 6) is 0. The van der Waals surface area contributed by atoms with E-state index in [0.717, 1.165) is 32.2 Å². The van der Waals surface area contributed by atoms with Gasteiger partial charge >= 0.3 is 28.2 Å².